The number of likely N-dealkylation sites (tertiary alicyclic amines) is 2. The summed E-state index contributed by atoms with van der Waals surface area (Å²) in [7, 11) is 2.17. The van der Waals surface area contributed by atoms with Crippen molar-refractivity contribution >= 4 is 5.91 Å². The van der Waals surface area contributed by atoms with Crippen molar-refractivity contribution in [1.29, 1.82) is 0 Å². The van der Waals surface area contributed by atoms with Crippen molar-refractivity contribution in [1.82, 2.24) is 9.80 Å². The normalized spacial score (nSPS) is 27.8. The Bertz CT molecular complexity index is 247. The van der Waals surface area contributed by atoms with Crippen molar-refractivity contribution < 1.29 is 4.79 Å². The summed E-state index contributed by atoms with van der Waals surface area (Å²) >= 11 is 0. The second-order valence-electron chi connectivity index (χ2n) is 5.63. The Hall–Kier alpha value is -0.570. The van der Waals surface area contributed by atoms with Crippen LogP contribution in [0, 0.1) is 0 Å². The van der Waals surface area contributed by atoms with Gasteiger partial charge >= 0.3 is 0 Å². The van der Waals surface area contributed by atoms with Gasteiger partial charge in [0.15, 0.2) is 0 Å². The Morgan fingerprint density at radius 1 is 1.00 bits per heavy atom. The Morgan fingerprint density at radius 3 is 2.29 bits per heavy atom. The van der Waals surface area contributed by atoms with Gasteiger partial charge in [-0.25, -0.2) is 0 Å². The minimum absolute atomic E-state index is 0.394. The lowest BCUT2D eigenvalue weighted by Crippen LogP contribution is -2.41. The molecule has 2 rings (SSSR count). The van der Waals surface area contributed by atoms with Crippen molar-refractivity contribution in [3.05, 3.63) is 0 Å². The van der Waals surface area contributed by atoms with E-state index in [0.29, 0.717) is 11.9 Å². The van der Waals surface area contributed by atoms with Crippen LogP contribution in [0.1, 0.15) is 51.4 Å². The highest BCUT2D eigenvalue weighted by Gasteiger charge is 2.24. The predicted molar refractivity (Wildman–Crippen MR) is 69.9 cm³/mol. The average Bonchev–Trinajstić information content (AvgIpc) is 2.61. The molecule has 1 amide bonds. The number of rotatable bonds is 2. The molecule has 3 heteroatoms. The van der Waals surface area contributed by atoms with Gasteiger partial charge in [0.2, 0.25) is 5.91 Å². The molecule has 2 saturated heterocycles. The summed E-state index contributed by atoms with van der Waals surface area (Å²) in [5.41, 5.74) is 0. The van der Waals surface area contributed by atoms with E-state index in [4.69, 9.17) is 0 Å². The monoisotopic (exact) mass is 238 g/mol. The zero-order valence-electron chi connectivity index (χ0n) is 11.2. The molecule has 0 saturated carbocycles. The molecule has 1 unspecified atom stereocenters. The van der Waals surface area contributed by atoms with E-state index in [1.54, 1.807) is 0 Å². The zero-order chi connectivity index (χ0) is 12.1. The largest absolute Gasteiger partial charge is 0.343 e. The molecule has 0 aromatic carbocycles. The third-order valence-electron chi connectivity index (χ3n) is 4.29. The molecule has 0 radical (unpaired) electrons. The maximum atomic E-state index is 12.3. The Morgan fingerprint density at radius 2 is 1.65 bits per heavy atom. The summed E-state index contributed by atoms with van der Waals surface area (Å²) in [6.07, 6.45) is 9.54. The fourth-order valence-electron chi connectivity index (χ4n) is 3.05. The van der Waals surface area contributed by atoms with E-state index in [9.17, 15) is 4.79 Å². The number of hydrogen-bond acceptors (Lipinski definition) is 2. The molecule has 17 heavy (non-hydrogen) atoms. The summed E-state index contributed by atoms with van der Waals surface area (Å²) in [5.74, 6) is 0.394. The molecule has 0 aliphatic carbocycles. The van der Waals surface area contributed by atoms with Crippen LogP contribution in [-0.4, -0.2) is 48.4 Å². The molecule has 0 bridgehead atoms. The molecule has 1 atom stereocenters. The number of carbonyl (C=O) groups excluding carboxylic acids is 1. The smallest absolute Gasteiger partial charge is 0.224 e. The second-order valence-corrected chi connectivity index (χ2v) is 5.63. The molecule has 0 N–H and O–H groups in total. The van der Waals surface area contributed by atoms with Gasteiger partial charge in [-0.1, -0.05) is 19.3 Å². The molecule has 2 fully saturated rings. The van der Waals surface area contributed by atoms with Gasteiger partial charge in [-0.2, -0.15) is 0 Å². The van der Waals surface area contributed by atoms with E-state index < -0.39 is 0 Å². The highest BCUT2D eigenvalue weighted by molar-refractivity contribution is 5.76. The molecule has 0 spiro atoms. The van der Waals surface area contributed by atoms with Gasteiger partial charge in [0.25, 0.3) is 0 Å². The SMILES string of the molecule is CN1CCCCC1CC(=O)N1CCCCCC1. The van der Waals surface area contributed by atoms with E-state index in [2.05, 4.69) is 16.8 Å². The lowest BCUT2D eigenvalue weighted by molar-refractivity contribution is -0.132. The fraction of sp³-hybridized carbons (Fsp3) is 0.929. The minimum Gasteiger partial charge on any atom is -0.343 e. The van der Waals surface area contributed by atoms with Crippen molar-refractivity contribution in [2.75, 3.05) is 26.7 Å². The van der Waals surface area contributed by atoms with E-state index in [1.165, 1.54) is 44.9 Å². The third-order valence-corrected chi connectivity index (χ3v) is 4.29. The second kappa shape index (κ2) is 6.39. The highest BCUT2D eigenvalue weighted by Crippen LogP contribution is 2.19. The van der Waals surface area contributed by atoms with Gasteiger partial charge in [0.1, 0.15) is 0 Å². The van der Waals surface area contributed by atoms with Crippen LogP contribution in [0.3, 0.4) is 0 Å². The van der Waals surface area contributed by atoms with Crippen molar-refractivity contribution in [3.63, 3.8) is 0 Å². The molecule has 2 heterocycles. The summed E-state index contributed by atoms with van der Waals surface area (Å²) in [6.45, 7) is 3.16. The molecule has 0 aromatic rings. The minimum atomic E-state index is 0.394. The van der Waals surface area contributed by atoms with E-state index in [-0.39, 0.29) is 0 Å². The summed E-state index contributed by atoms with van der Waals surface area (Å²) in [4.78, 5) is 16.7. The quantitative estimate of drug-likeness (QED) is 0.737. The highest BCUT2D eigenvalue weighted by atomic mass is 16.2. The van der Waals surface area contributed by atoms with Crippen molar-refractivity contribution in [2.24, 2.45) is 0 Å². The van der Waals surface area contributed by atoms with Crippen LogP contribution in [0.5, 0.6) is 0 Å². The fourth-order valence-corrected chi connectivity index (χ4v) is 3.05. The van der Waals surface area contributed by atoms with Crippen LogP contribution >= 0.6 is 0 Å². The number of piperidine rings is 1. The van der Waals surface area contributed by atoms with Gasteiger partial charge < -0.3 is 9.80 Å². The van der Waals surface area contributed by atoms with Gasteiger partial charge in [-0.3, -0.25) is 4.79 Å². The molecular weight excluding hydrogens is 212 g/mol. The summed E-state index contributed by atoms with van der Waals surface area (Å²) in [6, 6.07) is 0.500. The molecule has 2 aliphatic rings. The van der Waals surface area contributed by atoms with Crippen LogP contribution < -0.4 is 0 Å². The van der Waals surface area contributed by atoms with Gasteiger partial charge in [-0.15, -0.1) is 0 Å². The number of hydrogen-bond donors (Lipinski definition) is 0. The predicted octanol–water partition coefficient (Wildman–Crippen LogP) is 2.26. The molecule has 3 nitrogen and oxygen atoms in total. The molecule has 98 valence electrons. The number of amides is 1. The van der Waals surface area contributed by atoms with Crippen molar-refractivity contribution in [2.45, 2.75) is 57.4 Å². The molecular formula is C14H26N2O. The van der Waals surface area contributed by atoms with E-state index in [0.717, 1.165) is 26.1 Å². The molecule has 0 aromatic heterocycles. The topological polar surface area (TPSA) is 23.6 Å². The number of carbonyl (C=O) groups is 1. The third kappa shape index (κ3) is 3.70. The number of nitrogens with zero attached hydrogens (tertiary/aromatic N) is 2. The summed E-state index contributed by atoms with van der Waals surface area (Å²) < 4.78 is 0. The van der Waals surface area contributed by atoms with Gasteiger partial charge in [0.05, 0.1) is 0 Å². The van der Waals surface area contributed by atoms with Gasteiger partial charge in [-0.05, 0) is 39.3 Å². The van der Waals surface area contributed by atoms with E-state index in [1.807, 2.05) is 0 Å². The first-order chi connectivity index (χ1) is 8.27. The summed E-state index contributed by atoms with van der Waals surface area (Å²) in [5, 5.41) is 0. The van der Waals surface area contributed by atoms with Gasteiger partial charge in [0, 0.05) is 25.6 Å². The maximum Gasteiger partial charge on any atom is 0.224 e. The lowest BCUT2D eigenvalue weighted by atomic mass is 9.99. The molecule has 2 aliphatic heterocycles. The Kier molecular flexibility index (Phi) is 4.84. The van der Waals surface area contributed by atoms with Crippen LogP contribution in [0.2, 0.25) is 0 Å². The van der Waals surface area contributed by atoms with Crippen LogP contribution in [-0.2, 0) is 4.79 Å². The van der Waals surface area contributed by atoms with Crippen molar-refractivity contribution in [3.8, 4) is 0 Å². The first kappa shape index (κ1) is 12.9. The van der Waals surface area contributed by atoms with Crippen LogP contribution in [0.15, 0.2) is 0 Å². The Balaban J connectivity index is 1.82. The maximum absolute atomic E-state index is 12.3. The Labute approximate surface area is 105 Å². The average molecular weight is 238 g/mol. The van der Waals surface area contributed by atoms with Crippen LogP contribution in [0.4, 0.5) is 0 Å². The standard InChI is InChI=1S/C14H26N2O/c1-15-9-7-4-8-13(15)12-14(17)16-10-5-2-3-6-11-16/h13H,2-12H2,1H3. The first-order valence-electron chi connectivity index (χ1n) is 7.25. The van der Waals surface area contributed by atoms with Crippen LogP contribution in [0.25, 0.3) is 0 Å². The lowest BCUT2D eigenvalue weighted by Gasteiger charge is -2.33. The zero-order valence-corrected chi connectivity index (χ0v) is 11.2. The van der Waals surface area contributed by atoms with E-state index >= 15 is 0 Å². The first-order valence-corrected chi connectivity index (χ1v) is 7.25.